The fourth-order valence-electron chi connectivity index (χ4n) is 1.93. The predicted molar refractivity (Wildman–Crippen MR) is 82.0 cm³/mol. The molecule has 20 heavy (non-hydrogen) atoms. The second-order valence-electron chi connectivity index (χ2n) is 4.66. The Balaban J connectivity index is 2.39. The number of carbonyl (C=O) groups excluding carboxylic acids is 1. The molecule has 2 rings (SSSR count). The third kappa shape index (κ3) is 3.08. The van der Waals surface area contributed by atoms with E-state index in [4.69, 9.17) is 5.73 Å². The number of amides is 1. The molecular formula is C14H17BrN4O. The lowest BCUT2D eigenvalue weighted by Crippen LogP contribution is -2.22. The SMILES string of the molecule is CN(C)C(=O)c1ccn(-c2ccc(Br)cc2CCN)n1. The van der Waals surface area contributed by atoms with Gasteiger partial charge < -0.3 is 10.6 Å². The minimum Gasteiger partial charge on any atom is -0.343 e. The molecule has 0 spiro atoms. The van der Waals surface area contributed by atoms with Gasteiger partial charge in [-0.25, -0.2) is 4.68 Å². The number of nitrogens with zero attached hydrogens (tertiary/aromatic N) is 3. The molecule has 1 amide bonds. The smallest absolute Gasteiger partial charge is 0.273 e. The number of hydrogen-bond acceptors (Lipinski definition) is 3. The topological polar surface area (TPSA) is 64.2 Å². The van der Waals surface area contributed by atoms with Gasteiger partial charge in [-0.3, -0.25) is 4.79 Å². The average Bonchev–Trinajstić information content (AvgIpc) is 2.87. The molecule has 1 aromatic heterocycles. The second kappa shape index (κ2) is 6.19. The largest absolute Gasteiger partial charge is 0.343 e. The lowest BCUT2D eigenvalue weighted by Gasteiger charge is -2.10. The van der Waals surface area contributed by atoms with Crippen LogP contribution in [0.1, 0.15) is 16.1 Å². The molecule has 0 fully saturated rings. The average molecular weight is 337 g/mol. The van der Waals surface area contributed by atoms with Crippen molar-refractivity contribution in [2.45, 2.75) is 6.42 Å². The maximum Gasteiger partial charge on any atom is 0.273 e. The van der Waals surface area contributed by atoms with E-state index in [0.717, 1.165) is 22.1 Å². The zero-order valence-corrected chi connectivity index (χ0v) is 13.1. The first-order valence-corrected chi connectivity index (χ1v) is 7.08. The van der Waals surface area contributed by atoms with Crippen LogP contribution in [0.3, 0.4) is 0 Å². The summed E-state index contributed by atoms with van der Waals surface area (Å²) < 4.78 is 2.72. The van der Waals surface area contributed by atoms with Crippen molar-refractivity contribution >= 4 is 21.8 Å². The van der Waals surface area contributed by atoms with Gasteiger partial charge in [0.15, 0.2) is 5.69 Å². The summed E-state index contributed by atoms with van der Waals surface area (Å²) in [6.07, 6.45) is 2.55. The second-order valence-corrected chi connectivity index (χ2v) is 5.57. The van der Waals surface area contributed by atoms with E-state index in [2.05, 4.69) is 21.0 Å². The Morgan fingerprint density at radius 1 is 1.40 bits per heavy atom. The summed E-state index contributed by atoms with van der Waals surface area (Å²) in [6, 6.07) is 7.66. The van der Waals surface area contributed by atoms with Crippen molar-refractivity contribution in [3.05, 3.63) is 46.2 Å². The van der Waals surface area contributed by atoms with Crippen molar-refractivity contribution in [1.29, 1.82) is 0 Å². The number of nitrogens with two attached hydrogens (primary N) is 1. The summed E-state index contributed by atoms with van der Waals surface area (Å²) in [7, 11) is 3.42. The van der Waals surface area contributed by atoms with Gasteiger partial charge in [0.1, 0.15) is 0 Å². The molecule has 6 heteroatoms. The molecule has 0 aliphatic rings. The maximum atomic E-state index is 11.9. The number of halogens is 1. The zero-order chi connectivity index (χ0) is 14.7. The number of hydrogen-bond donors (Lipinski definition) is 1. The van der Waals surface area contributed by atoms with E-state index in [9.17, 15) is 4.79 Å². The van der Waals surface area contributed by atoms with E-state index in [1.165, 1.54) is 4.90 Å². The third-order valence-corrected chi connectivity index (χ3v) is 3.41. The molecule has 0 saturated heterocycles. The van der Waals surface area contributed by atoms with Crippen LogP contribution in [0.4, 0.5) is 0 Å². The molecule has 0 bridgehead atoms. The first kappa shape index (κ1) is 14.7. The Labute approximate surface area is 126 Å². The van der Waals surface area contributed by atoms with Gasteiger partial charge in [0.25, 0.3) is 5.91 Å². The summed E-state index contributed by atoms with van der Waals surface area (Å²) in [4.78, 5) is 13.4. The number of carbonyl (C=O) groups is 1. The van der Waals surface area contributed by atoms with Gasteiger partial charge in [-0.15, -0.1) is 0 Å². The van der Waals surface area contributed by atoms with Crippen molar-refractivity contribution < 1.29 is 4.79 Å². The number of rotatable bonds is 4. The molecule has 2 aromatic rings. The molecule has 1 aromatic carbocycles. The lowest BCUT2D eigenvalue weighted by molar-refractivity contribution is 0.0821. The first-order valence-electron chi connectivity index (χ1n) is 6.29. The van der Waals surface area contributed by atoms with Crippen molar-refractivity contribution in [3.63, 3.8) is 0 Å². The van der Waals surface area contributed by atoms with Crippen molar-refractivity contribution in [2.24, 2.45) is 5.73 Å². The van der Waals surface area contributed by atoms with Gasteiger partial charge in [0, 0.05) is 24.8 Å². The first-order chi connectivity index (χ1) is 9.52. The van der Waals surface area contributed by atoms with Gasteiger partial charge in [-0.05, 0) is 42.8 Å². The van der Waals surface area contributed by atoms with Crippen LogP contribution >= 0.6 is 15.9 Å². The van der Waals surface area contributed by atoms with Crippen LogP contribution in [0.2, 0.25) is 0 Å². The van der Waals surface area contributed by atoms with Crippen LogP contribution in [0.25, 0.3) is 5.69 Å². The molecule has 2 N–H and O–H groups in total. The summed E-state index contributed by atoms with van der Waals surface area (Å²) in [5, 5.41) is 4.34. The van der Waals surface area contributed by atoms with Crippen molar-refractivity contribution in [3.8, 4) is 5.69 Å². The highest BCUT2D eigenvalue weighted by atomic mass is 79.9. The van der Waals surface area contributed by atoms with Crippen LogP contribution in [-0.4, -0.2) is 41.2 Å². The highest BCUT2D eigenvalue weighted by Crippen LogP contribution is 2.20. The molecule has 0 saturated carbocycles. The van der Waals surface area contributed by atoms with E-state index in [-0.39, 0.29) is 5.91 Å². The highest BCUT2D eigenvalue weighted by molar-refractivity contribution is 9.10. The summed E-state index contributed by atoms with van der Waals surface area (Å²) in [6.45, 7) is 0.564. The van der Waals surface area contributed by atoms with Gasteiger partial charge in [-0.2, -0.15) is 5.10 Å². The summed E-state index contributed by atoms with van der Waals surface area (Å²) >= 11 is 3.46. The Kier molecular flexibility index (Phi) is 4.57. The zero-order valence-electron chi connectivity index (χ0n) is 11.5. The van der Waals surface area contributed by atoms with Gasteiger partial charge >= 0.3 is 0 Å². The predicted octanol–water partition coefficient (Wildman–Crippen LogP) is 1.84. The normalized spacial score (nSPS) is 10.6. The molecular weight excluding hydrogens is 320 g/mol. The standard InChI is InChI=1S/C14H17BrN4O/c1-18(2)14(20)12-6-8-19(17-12)13-4-3-11(15)9-10(13)5-7-16/h3-4,6,8-9H,5,7,16H2,1-2H3. The summed E-state index contributed by atoms with van der Waals surface area (Å²) in [5.41, 5.74) is 8.11. The molecule has 0 radical (unpaired) electrons. The third-order valence-electron chi connectivity index (χ3n) is 2.92. The fraction of sp³-hybridized carbons (Fsp3) is 0.286. The molecule has 0 atom stereocenters. The van der Waals surface area contributed by atoms with E-state index < -0.39 is 0 Å². The Hall–Kier alpha value is -1.66. The van der Waals surface area contributed by atoms with Crippen molar-refractivity contribution in [1.82, 2.24) is 14.7 Å². The quantitative estimate of drug-likeness (QED) is 0.926. The van der Waals surface area contributed by atoms with Gasteiger partial charge in [-0.1, -0.05) is 15.9 Å². The van der Waals surface area contributed by atoms with Crippen molar-refractivity contribution in [2.75, 3.05) is 20.6 Å². The Morgan fingerprint density at radius 3 is 2.80 bits per heavy atom. The van der Waals surface area contributed by atoms with Crippen LogP contribution < -0.4 is 5.73 Å². The Bertz CT molecular complexity index is 621. The summed E-state index contributed by atoms with van der Waals surface area (Å²) in [5.74, 6) is -0.110. The number of aromatic nitrogens is 2. The molecule has 5 nitrogen and oxygen atoms in total. The van der Waals surface area contributed by atoms with E-state index in [0.29, 0.717) is 12.2 Å². The van der Waals surface area contributed by atoms with E-state index >= 15 is 0 Å². The maximum absolute atomic E-state index is 11.9. The minimum absolute atomic E-state index is 0.110. The molecule has 0 unspecified atom stereocenters. The van der Waals surface area contributed by atoms with Gasteiger partial charge in [0.2, 0.25) is 0 Å². The van der Waals surface area contributed by atoms with Gasteiger partial charge in [0.05, 0.1) is 5.69 Å². The highest BCUT2D eigenvalue weighted by Gasteiger charge is 2.13. The Morgan fingerprint density at radius 2 is 2.15 bits per heavy atom. The fourth-order valence-corrected chi connectivity index (χ4v) is 2.34. The lowest BCUT2D eigenvalue weighted by atomic mass is 10.1. The molecule has 0 aliphatic heterocycles. The van der Waals surface area contributed by atoms with E-state index in [1.807, 2.05) is 18.2 Å². The van der Waals surface area contributed by atoms with Crippen LogP contribution in [0.5, 0.6) is 0 Å². The van der Waals surface area contributed by atoms with Crippen LogP contribution in [0.15, 0.2) is 34.9 Å². The molecule has 1 heterocycles. The molecule has 0 aliphatic carbocycles. The van der Waals surface area contributed by atoms with E-state index in [1.54, 1.807) is 31.0 Å². The van der Waals surface area contributed by atoms with Crippen LogP contribution in [0, 0.1) is 0 Å². The number of benzene rings is 1. The monoisotopic (exact) mass is 336 g/mol. The minimum atomic E-state index is -0.110. The molecule has 106 valence electrons. The van der Waals surface area contributed by atoms with Crippen LogP contribution in [-0.2, 0) is 6.42 Å².